The fourth-order valence-corrected chi connectivity index (χ4v) is 2.19. The fraction of sp³-hybridized carbons (Fsp3) is 0.636. The molecule has 0 saturated carbocycles. The van der Waals surface area contributed by atoms with E-state index in [0.717, 1.165) is 32.6 Å². The van der Waals surface area contributed by atoms with Crippen LogP contribution in [0, 0.1) is 5.41 Å². The van der Waals surface area contributed by atoms with Gasteiger partial charge in [0.25, 0.3) is 0 Å². The zero-order valence-corrected chi connectivity index (χ0v) is 10.1. The van der Waals surface area contributed by atoms with E-state index in [2.05, 4.69) is 10.00 Å². The van der Waals surface area contributed by atoms with Crippen LogP contribution in [-0.2, 0) is 11.3 Å². The van der Waals surface area contributed by atoms with Crippen molar-refractivity contribution in [1.29, 1.82) is 0 Å². The Hall–Kier alpha value is -1.56. The van der Waals surface area contributed by atoms with Crippen LogP contribution in [0.25, 0.3) is 0 Å². The number of rotatable bonds is 4. The van der Waals surface area contributed by atoms with Crippen LogP contribution < -0.4 is 11.5 Å². The summed E-state index contributed by atoms with van der Waals surface area (Å²) in [6.07, 6.45) is 2.70. The predicted molar refractivity (Wildman–Crippen MR) is 65.0 cm³/mol. The zero-order valence-electron chi connectivity index (χ0n) is 10.1. The minimum absolute atomic E-state index is 0.205. The lowest BCUT2D eigenvalue weighted by Crippen LogP contribution is -2.37. The van der Waals surface area contributed by atoms with E-state index < -0.39 is 0 Å². The second-order valence-electron chi connectivity index (χ2n) is 4.95. The second-order valence-corrected chi connectivity index (χ2v) is 4.95. The molecule has 17 heavy (non-hydrogen) atoms. The van der Waals surface area contributed by atoms with Crippen molar-refractivity contribution in [1.82, 2.24) is 14.7 Å². The van der Waals surface area contributed by atoms with Crippen molar-refractivity contribution in [2.75, 3.05) is 25.4 Å². The van der Waals surface area contributed by atoms with Gasteiger partial charge in [-0.2, -0.15) is 5.10 Å². The quantitative estimate of drug-likeness (QED) is 0.749. The highest BCUT2D eigenvalue weighted by Gasteiger charge is 2.38. The number of carbonyl (C=O) groups is 1. The third kappa shape index (κ3) is 2.58. The highest BCUT2D eigenvalue weighted by Crippen LogP contribution is 2.29. The number of hydrogen-bond acceptors (Lipinski definition) is 4. The molecule has 0 aliphatic carbocycles. The van der Waals surface area contributed by atoms with Crippen LogP contribution in [0.5, 0.6) is 0 Å². The Morgan fingerprint density at radius 2 is 2.35 bits per heavy atom. The second kappa shape index (κ2) is 4.37. The molecular weight excluding hydrogens is 218 g/mol. The topological polar surface area (TPSA) is 90.2 Å². The number of primary amides is 1. The van der Waals surface area contributed by atoms with Crippen LogP contribution in [0.4, 0.5) is 5.82 Å². The van der Waals surface area contributed by atoms with Crippen LogP contribution in [-0.4, -0.2) is 40.2 Å². The molecule has 6 heteroatoms. The first-order valence-corrected chi connectivity index (χ1v) is 5.81. The standard InChI is InChI=1S/C11H19N5O/c1-11(10(13)17)3-5-15(8-11)6-7-16-4-2-9(12)14-16/h2,4H,3,5-8H2,1H3,(H2,12,14)(H2,13,17). The van der Waals surface area contributed by atoms with Gasteiger partial charge in [-0.1, -0.05) is 0 Å². The fourth-order valence-electron chi connectivity index (χ4n) is 2.19. The number of nitrogen functional groups attached to an aromatic ring is 1. The molecular formula is C11H19N5O. The number of likely N-dealkylation sites (tertiary alicyclic amines) is 1. The largest absolute Gasteiger partial charge is 0.382 e. The van der Waals surface area contributed by atoms with Gasteiger partial charge in [0.2, 0.25) is 5.91 Å². The van der Waals surface area contributed by atoms with Crippen LogP contribution in [0.1, 0.15) is 13.3 Å². The van der Waals surface area contributed by atoms with Gasteiger partial charge in [-0.15, -0.1) is 0 Å². The molecule has 1 unspecified atom stereocenters. The molecule has 1 amide bonds. The molecule has 1 aromatic heterocycles. The number of aromatic nitrogens is 2. The normalized spacial score (nSPS) is 25.2. The number of amides is 1. The van der Waals surface area contributed by atoms with Crippen LogP contribution in [0.3, 0.4) is 0 Å². The molecule has 2 rings (SSSR count). The molecule has 0 bridgehead atoms. The van der Waals surface area contributed by atoms with Crippen molar-refractivity contribution in [3.8, 4) is 0 Å². The van der Waals surface area contributed by atoms with Gasteiger partial charge in [-0.25, -0.2) is 0 Å². The number of carbonyl (C=O) groups excluding carboxylic acids is 1. The first-order chi connectivity index (χ1) is 7.99. The highest BCUT2D eigenvalue weighted by atomic mass is 16.1. The molecule has 1 fully saturated rings. The minimum atomic E-state index is -0.372. The lowest BCUT2D eigenvalue weighted by molar-refractivity contribution is -0.126. The summed E-state index contributed by atoms with van der Waals surface area (Å²) in [4.78, 5) is 13.5. The first-order valence-electron chi connectivity index (χ1n) is 5.81. The van der Waals surface area contributed by atoms with Crippen molar-refractivity contribution < 1.29 is 4.79 Å². The summed E-state index contributed by atoms with van der Waals surface area (Å²) >= 11 is 0. The molecule has 0 spiro atoms. The molecule has 1 aliphatic heterocycles. The van der Waals surface area contributed by atoms with Crippen LogP contribution >= 0.6 is 0 Å². The van der Waals surface area contributed by atoms with Crippen LogP contribution in [0.2, 0.25) is 0 Å². The average molecular weight is 237 g/mol. The Kier molecular flexibility index (Phi) is 3.06. The Bertz CT molecular complexity index is 416. The molecule has 6 nitrogen and oxygen atoms in total. The van der Waals surface area contributed by atoms with Crippen molar-refractivity contribution in [2.24, 2.45) is 11.1 Å². The number of hydrogen-bond donors (Lipinski definition) is 2. The van der Waals surface area contributed by atoms with E-state index in [0.29, 0.717) is 5.82 Å². The van der Waals surface area contributed by atoms with Gasteiger partial charge in [0.05, 0.1) is 12.0 Å². The third-order valence-corrected chi connectivity index (χ3v) is 3.45. The van der Waals surface area contributed by atoms with E-state index >= 15 is 0 Å². The summed E-state index contributed by atoms with van der Waals surface area (Å²) < 4.78 is 1.81. The van der Waals surface area contributed by atoms with Crippen molar-refractivity contribution >= 4 is 11.7 Å². The van der Waals surface area contributed by atoms with E-state index in [9.17, 15) is 4.79 Å². The lowest BCUT2D eigenvalue weighted by atomic mass is 9.89. The molecule has 0 radical (unpaired) electrons. The van der Waals surface area contributed by atoms with E-state index in [1.54, 1.807) is 6.07 Å². The van der Waals surface area contributed by atoms with E-state index in [4.69, 9.17) is 11.5 Å². The summed E-state index contributed by atoms with van der Waals surface area (Å²) in [5.74, 6) is 0.330. The van der Waals surface area contributed by atoms with Gasteiger partial charge in [0, 0.05) is 19.3 Å². The molecule has 4 N–H and O–H groups in total. The minimum Gasteiger partial charge on any atom is -0.382 e. The molecule has 94 valence electrons. The average Bonchev–Trinajstić information content (AvgIpc) is 2.83. The maximum absolute atomic E-state index is 11.3. The smallest absolute Gasteiger partial charge is 0.224 e. The maximum atomic E-state index is 11.3. The van der Waals surface area contributed by atoms with Gasteiger partial charge in [0.1, 0.15) is 5.82 Å². The monoisotopic (exact) mass is 237 g/mol. The first kappa shape index (κ1) is 11.9. The third-order valence-electron chi connectivity index (χ3n) is 3.45. The van der Waals surface area contributed by atoms with E-state index in [-0.39, 0.29) is 11.3 Å². The number of nitrogens with zero attached hydrogens (tertiary/aromatic N) is 3. The Morgan fingerprint density at radius 1 is 1.59 bits per heavy atom. The molecule has 1 aromatic rings. The van der Waals surface area contributed by atoms with Gasteiger partial charge < -0.3 is 16.4 Å². The molecule has 1 saturated heterocycles. The Labute approximate surface area is 101 Å². The van der Waals surface area contributed by atoms with E-state index in [1.807, 2.05) is 17.8 Å². The van der Waals surface area contributed by atoms with Gasteiger partial charge in [-0.05, 0) is 26.0 Å². The van der Waals surface area contributed by atoms with Crippen molar-refractivity contribution in [3.05, 3.63) is 12.3 Å². The Balaban J connectivity index is 1.84. The summed E-state index contributed by atoms with van der Waals surface area (Å²) in [7, 11) is 0. The molecule has 1 aliphatic rings. The van der Waals surface area contributed by atoms with Gasteiger partial charge in [-0.3, -0.25) is 9.48 Å². The van der Waals surface area contributed by atoms with E-state index in [1.165, 1.54) is 0 Å². The summed E-state index contributed by atoms with van der Waals surface area (Å²) in [5, 5.41) is 4.12. The van der Waals surface area contributed by atoms with Gasteiger partial charge >= 0.3 is 0 Å². The molecule has 2 heterocycles. The highest BCUT2D eigenvalue weighted by molar-refractivity contribution is 5.81. The predicted octanol–water partition coefficient (Wildman–Crippen LogP) is -0.337. The van der Waals surface area contributed by atoms with Crippen LogP contribution in [0.15, 0.2) is 12.3 Å². The van der Waals surface area contributed by atoms with Crippen molar-refractivity contribution in [3.63, 3.8) is 0 Å². The lowest BCUT2D eigenvalue weighted by Gasteiger charge is -2.20. The zero-order chi connectivity index (χ0) is 12.5. The summed E-state index contributed by atoms with van der Waals surface area (Å²) in [6.45, 7) is 5.23. The molecule has 1 atom stereocenters. The maximum Gasteiger partial charge on any atom is 0.224 e. The Morgan fingerprint density at radius 3 is 2.88 bits per heavy atom. The summed E-state index contributed by atoms with van der Waals surface area (Å²) in [6, 6.07) is 1.78. The number of nitrogens with two attached hydrogens (primary N) is 2. The number of anilines is 1. The SMILES string of the molecule is CC1(C(N)=O)CCN(CCn2ccc(N)n2)C1. The summed E-state index contributed by atoms with van der Waals surface area (Å²) in [5.41, 5.74) is 10.6. The van der Waals surface area contributed by atoms with Gasteiger partial charge in [0.15, 0.2) is 0 Å². The van der Waals surface area contributed by atoms with Crippen molar-refractivity contribution in [2.45, 2.75) is 19.9 Å². The molecule has 0 aromatic carbocycles.